The van der Waals surface area contributed by atoms with Gasteiger partial charge in [-0.1, -0.05) is 6.07 Å². The summed E-state index contributed by atoms with van der Waals surface area (Å²) < 4.78 is 15.8. The zero-order valence-electron chi connectivity index (χ0n) is 19.1. The molecule has 2 heterocycles. The zero-order chi connectivity index (χ0) is 22.7. The molecule has 1 aromatic carbocycles. The maximum atomic E-state index is 14.1. The predicted octanol–water partition coefficient (Wildman–Crippen LogP) is 2.98. The van der Waals surface area contributed by atoms with Gasteiger partial charge in [0, 0.05) is 58.9 Å². The zero-order valence-corrected chi connectivity index (χ0v) is 19.1. The lowest BCUT2D eigenvalue weighted by Gasteiger charge is -2.30. The molecule has 1 aliphatic heterocycles. The molecular formula is C23H32FN5O2. The van der Waals surface area contributed by atoms with E-state index in [0.717, 1.165) is 25.1 Å². The van der Waals surface area contributed by atoms with Crippen LogP contribution in [0.15, 0.2) is 24.4 Å². The molecule has 3 rings (SSSR count). The van der Waals surface area contributed by atoms with Crippen LogP contribution >= 0.6 is 0 Å². The highest BCUT2D eigenvalue weighted by Gasteiger charge is 2.25. The number of amides is 2. The summed E-state index contributed by atoms with van der Waals surface area (Å²) in [4.78, 5) is 31.6. The summed E-state index contributed by atoms with van der Waals surface area (Å²) in [6.07, 6.45) is 2.50. The highest BCUT2D eigenvalue weighted by Crippen LogP contribution is 2.26. The van der Waals surface area contributed by atoms with E-state index in [1.807, 2.05) is 6.92 Å². The first-order chi connectivity index (χ1) is 14.7. The minimum atomic E-state index is -0.398. The highest BCUT2D eigenvalue weighted by molar-refractivity contribution is 5.95. The second-order valence-electron chi connectivity index (χ2n) is 8.46. The largest absolute Gasteiger partial charge is 0.333 e. The predicted molar refractivity (Wildman–Crippen MR) is 118 cm³/mol. The van der Waals surface area contributed by atoms with Crippen molar-refractivity contribution in [3.63, 3.8) is 0 Å². The Labute approximate surface area is 183 Å². The van der Waals surface area contributed by atoms with Gasteiger partial charge in [-0.25, -0.2) is 4.39 Å². The van der Waals surface area contributed by atoms with Crippen molar-refractivity contribution in [3.8, 4) is 0 Å². The molecule has 1 aromatic heterocycles. The summed E-state index contributed by atoms with van der Waals surface area (Å²) in [5.74, 6) is -0.647. The van der Waals surface area contributed by atoms with Gasteiger partial charge in [0.25, 0.3) is 5.91 Å². The Hall–Kier alpha value is -2.74. The smallest absolute Gasteiger partial charge is 0.257 e. The number of carbonyl (C=O) groups is 2. The van der Waals surface area contributed by atoms with Crippen LogP contribution in [0, 0.1) is 12.7 Å². The van der Waals surface area contributed by atoms with E-state index in [2.05, 4.69) is 23.8 Å². The SMILES string of the molecule is CC(=O)N1CCCN(C(C)C)CCN(C(=O)c2cn(C)nc2C)Cc2ccc(F)cc21. The second-order valence-corrected chi connectivity index (χ2v) is 8.46. The summed E-state index contributed by atoms with van der Waals surface area (Å²) in [5.41, 5.74) is 2.52. The van der Waals surface area contributed by atoms with Crippen molar-refractivity contribution in [2.75, 3.05) is 31.1 Å². The van der Waals surface area contributed by atoms with Crippen molar-refractivity contribution in [2.24, 2.45) is 7.05 Å². The number of aromatic nitrogens is 2. The quantitative estimate of drug-likeness (QED) is 0.736. The fourth-order valence-electron chi connectivity index (χ4n) is 4.12. The van der Waals surface area contributed by atoms with E-state index in [1.165, 1.54) is 19.1 Å². The lowest BCUT2D eigenvalue weighted by molar-refractivity contribution is -0.116. The number of hydrogen-bond donors (Lipinski definition) is 0. The first kappa shape index (κ1) is 22.9. The van der Waals surface area contributed by atoms with Crippen LogP contribution in [0.2, 0.25) is 0 Å². The molecule has 0 saturated carbocycles. The lowest BCUT2D eigenvalue weighted by Crippen LogP contribution is -2.41. The van der Waals surface area contributed by atoms with Gasteiger partial charge in [0.05, 0.1) is 16.9 Å². The molecule has 0 fully saturated rings. The maximum Gasteiger partial charge on any atom is 0.257 e. The van der Waals surface area contributed by atoms with Crippen LogP contribution in [-0.4, -0.2) is 63.6 Å². The number of fused-ring (bicyclic) bond motifs is 1. The van der Waals surface area contributed by atoms with Crippen LogP contribution in [0.3, 0.4) is 0 Å². The van der Waals surface area contributed by atoms with Crippen LogP contribution in [-0.2, 0) is 18.4 Å². The average Bonchev–Trinajstić information content (AvgIpc) is 3.02. The fourth-order valence-corrected chi connectivity index (χ4v) is 4.12. The van der Waals surface area contributed by atoms with E-state index in [-0.39, 0.29) is 11.8 Å². The molecule has 0 atom stereocenters. The van der Waals surface area contributed by atoms with Gasteiger partial charge in [0.1, 0.15) is 5.82 Å². The van der Waals surface area contributed by atoms with Gasteiger partial charge in [0.2, 0.25) is 5.91 Å². The number of rotatable bonds is 2. The molecule has 0 aliphatic carbocycles. The molecular weight excluding hydrogens is 397 g/mol. The van der Waals surface area contributed by atoms with Crippen LogP contribution < -0.4 is 4.90 Å². The van der Waals surface area contributed by atoms with E-state index in [1.54, 1.807) is 33.8 Å². The van der Waals surface area contributed by atoms with E-state index in [0.29, 0.717) is 42.6 Å². The normalized spacial score (nSPS) is 16.2. The summed E-state index contributed by atoms with van der Waals surface area (Å²) in [7, 11) is 1.79. The molecule has 2 aromatic rings. The highest BCUT2D eigenvalue weighted by atomic mass is 19.1. The Balaban J connectivity index is 2.03. The molecule has 0 N–H and O–H groups in total. The second kappa shape index (κ2) is 9.60. The minimum Gasteiger partial charge on any atom is -0.333 e. The van der Waals surface area contributed by atoms with Crippen molar-refractivity contribution in [1.29, 1.82) is 0 Å². The van der Waals surface area contributed by atoms with Gasteiger partial charge in [-0.2, -0.15) is 5.10 Å². The van der Waals surface area contributed by atoms with Crippen molar-refractivity contribution < 1.29 is 14.0 Å². The van der Waals surface area contributed by atoms with Crippen molar-refractivity contribution >= 4 is 17.5 Å². The van der Waals surface area contributed by atoms with Crippen molar-refractivity contribution in [1.82, 2.24) is 19.6 Å². The summed E-state index contributed by atoms with van der Waals surface area (Å²) in [6, 6.07) is 4.76. The summed E-state index contributed by atoms with van der Waals surface area (Å²) >= 11 is 0. The van der Waals surface area contributed by atoms with E-state index >= 15 is 0 Å². The third-order valence-electron chi connectivity index (χ3n) is 5.83. The number of nitrogens with zero attached hydrogens (tertiary/aromatic N) is 5. The van der Waals surface area contributed by atoms with Gasteiger partial charge in [0.15, 0.2) is 0 Å². The summed E-state index contributed by atoms with van der Waals surface area (Å²) in [6.45, 7) is 10.4. The van der Waals surface area contributed by atoms with Gasteiger partial charge in [-0.15, -0.1) is 0 Å². The molecule has 7 nitrogen and oxygen atoms in total. The molecule has 0 bridgehead atoms. The molecule has 1 aliphatic rings. The monoisotopic (exact) mass is 429 g/mol. The Morgan fingerprint density at radius 2 is 1.87 bits per heavy atom. The molecule has 8 heteroatoms. The average molecular weight is 430 g/mol. The Morgan fingerprint density at radius 3 is 2.48 bits per heavy atom. The standard InChI is InChI=1S/C23H32FN5O2/c1-16(2)27-9-6-10-29(18(4)30)22-13-20(24)8-7-19(22)14-28(12-11-27)23(31)21-15-26(5)25-17(21)3/h7-8,13,15-16H,6,9-12,14H2,1-5H3. The Bertz CT molecular complexity index is 955. The first-order valence-electron chi connectivity index (χ1n) is 10.8. The fraction of sp³-hybridized carbons (Fsp3) is 0.522. The van der Waals surface area contributed by atoms with Gasteiger partial charge in [-0.3, -0.25) is 19.2 Å². The number of benzene rings is 1. The minimum absolute atomic E-state index is 0.113. The molecule has 0 spiro atoms. The molecule has 2 amide bonds. The molecule has 31 heavy (non-hydrogen) atoms. The number of hydrogen-bond acceptors (Lipinski definition) is 4. The van der Waals surface area contributed by atoms with Gasteiger partial charge >= 0.3 is 0 Å². The third-order valence-corrected chi connectivity index (χ3v) is 5.83. The number of carbonyl (C=O) groups excluding carboxylic acids is 2. The molecule has 168 valence electrons. The van der Waals surface area contributed by atoms with E-state index < -0.39 is 5.82 Å². The Morgan fingerprint density at radius 1 is 1.13 bits per heavy atom. The van der Waals surface area contributed by atoms with Crippen molar-refractivity contribution in [2.45, 2.75) is 46.7 Å². The van der Waals surface area contributed by atoms with E-state index in [9.17, 15) is 14.0 Å². The molecule has 0 radical (unpaired) electrons. The number of aryl methyl sites for hydroxylation is 2. The van der Waals surface area contributed by atoms with Crippen LogP contribution in [0.25, 0.3) is 0 Å². The number of anilines is 1. The van der Waals surface area contributed by atoms with E-state index in [4.69, 9.17) is 0 Å². The van der Waals surface area contributed by atoms with Crippen LogP contribution in [0.5, 0.6) is 0 Å². The summed E-state index contributed by atoms with van der Waals surface area (Å²) in [5, 5.41) is 4.31. The first-order valence-corrected chi connectivity index (χ1v) is 10.8. The van der Waals surface area contributed by atoms with Gasteiger partial charge in [-0.05, 0) is 44.9 Å². The number of halogens is 1. The van der Waals surface area contributed by atoms with Crippen LogP contribution in [0.1, 0.15) is 48.8 Å². The lowest BCUT2D eigenvalue weighted by atomic mass is 10.1. The maximum absolute atomic E-state index is 14.1. The third kappa shape index (κ3) is 5.31. The van der Waals surface area contributed by atoms with Gasteiger partial charge < -0.3 is 9.80 Å². The van der Waals surface area contributed by atoms with Crippen molar-refractivity contribution in [3.05, 3.63) is 47.0 Å². The Kier molecular flexibility index (Phi) is 7.10. The molecule has 0 unspecified atom stereocenters. The van der Waals surface area contributed by atoms with Crippen LogP contribution in [0.4, 0.5) is 10.1 Å². The molecule has 0 saturated heterocycles. The topological polar surface area (TPSA) is 61.7 Å².